The number of nitrogens with zero attached hydrogens (tertiary/aromatic N) is 3. The van der Waals surface area contributed by atoms with Crippen molar-refractivity contribution in [1.82, 2.24) is 9.80 Å². The molecule has 1 saturated heterocycles. The van der Waals surface area contributed by atoms with E-state index in [1.807, 2.05) is 28.0 Å². The van der Waals surface area contributed by atoms with Crippen molar-refractivity contribution < 1.29 is 9.59 Å². The maximum absolute atomic E-state index is 12.6. The Kier molecular flexibility index (Phi) is 5.48. The molecule has 2 amide bonds. The molecule has 0 spiro atoms. The number of fused-ring (bicyclic) bond motifs is 1. The summed E-state index contributed by atoms with van der Waals surface area (Å²) >= 11 is 0. The SMILES string of the molecule is NCCCC(=O)N1CCN(CC(=O)N2CCc3ccccc32)CC1. The maximum atomic E-state index is 12.6. The second kappa shape index (κ2) is 7.77. The number of carbonyl (C=O) groups excluding carboxylic acids is 2. The molecule has 1 aromatic carbocycles. The number of anilines is 1. The van der Waals surface area contributed by atoms with Crippen LogP contribution in [0.5, 0.6) is 0 Å². The highest BCUT2D eigenvalue weighted by atomic mass is 16.2. The van der Waals surface area contributed by atoms with Crippen molar-refractivity contribution in [2.24, 2.45) is 5.73 Å². The highest BCUT2D eigenvalue weighted by Gasteiger charge is 2.27. The second-order valence-corrected chi connectivity index (χ2v) is 6.47. The van der Waals surface area contributed by atoms with Crippen molar-refractivity contribution >= 4 is 17.5 Å². The zero-order valence-electron chi connectivity index (χ0n) is 14.1. The van der Waals surface area contributed by atoms with Gasteiger partial charge in [0.2, 0.25) is 11.8 Å². The van der Waals surface area contributed by atoms with Gasteiger partial charge in [-0.15, -0.1) is 0 Å². The minimum absolute atomic E-state index is 0.155. The zero-order valence-corrected chi connectivity index (χ0v) is 14.1. The molecule has 130 valence electrons. The molecule has 0 saturated carbocycles. The summed E-state index contributed by atoms with van der Waals surface area (Å²) in [7, 11) is 0. The van der Waals surface area contributed by atoms with Gasteiger partial charge in [-0.25, -0.2) is 0 Å². The van der Waals surface area contributed by atoms with Crippen molar-refractivity contribution in [3.8, 4) is 0 Å². The van der Waals surface area contributed by atoms with Crippen LogP contribution < -0.4 is 10.6 Å². The molecule has 2 heterocycles. The summed E-state index contributed by atoms with van der Waals surface area (Å²) in [5, 5.41) is 0. The predicted molar refractivity (Wildman–Crippen MR) is 93.8 cm³/mol. The molecule has 2 aliphatic rings. The molecule has 0 bridgehead atoms. The van der Waals surface area contributed by atoms with Crippen LogP contribution >= 0.6 is 0 Å². The molecule has 2 aliphatic heterocycles. The van der Waals surface area contributed by atoms with Crippen LogP contribution in [0.1, 0.15) is 18.4 Å². The molecule has 0 aliphatic carbocycles. The summed E-state index contributed by atoms with van der Waals surface area (Å²) in [6.07, 6.45) is 2.21. The van der Waals surface area contributed by atoms with Gasteiger partial charge in [-0.2, -0.15) is 0 Å². The fourth-order valence-corrected chi connectivity index (χ4v) is 3.44. The lowest BCUT2D eigenvalue weighted by molar-refractivity contribution is -0.133. The Labute approximate surface area is 143 Å². The Hall–Kier alpha value is -1.92. The molecule has 0 radical (unpaired) electrons. The molecule has 0 aromatic heterocycles. The van der Waals surface area contributed by atoms with Crippen LogP contribution in [0.15, 0.2) is 24.3 Å². The molecule has 3 rings (SSSR count). The van der Waals surface area contributed by atoms with Crippen molar-refractivity contribution in [1.29, 1.82) is 0 Å². The van der Waals surface area contributed by atoms with Gasteiger partial charge in [0, 0.05) is 44.8 Å². The van der Waals surface area contributed by atoms with Crippen LogP contribution in [-0.4, -0.2) is 67.4 Å². The van der Waals surface area contributed by atoms with E-state index in [-0.39, 0.29) is 11.8 Å². The largest absolute Gasteiger partial charge is 0.340 e. The normalized spacial score (nSPS) is 17.9. The van der Waals surface area contributed by atoms with Crippen molar-refractivity contribution in [2.45, 2.75) is 19.3 Å². The summed E-state index contributed by atoms with van der Waals surface area (Å²) < 4.78 is 0. The van der Waals surface area contributed by atoms with Crippen molar-refractivity contribution in [3.05, 3.63) is 29.8 Å². The lowest BCUT2D eigenvalue weighted by Gasteiger charge is -2.35. The van der Waals surface area contributed by atoms with E-state index in [2.05, 4.69) is 11.0 Å². The number of carbonyl (C=O) groups is 2. The highest BCUT2D eigenvalue weighted by Crippen LogP contribution is 2.27. The Balaban J connectivity index is 1.48. The summed E-state index contributed by atoms with van der Waals surface area (Å²) in [4.78, 5) is 30.6. The third-order valence-corrected chi connectivity index (χ3v) is 4.87. The first-order chi connectivity index (χ1) is 11.7. The van der Waals surface area contributed by atoms with E-state index < -0.39 is 0 Å². The number of rotatable bonds is 5. The Bertz CT molecular complexity index is 596. The van der Waals surface area contributed by atoms with E-state index in [1.54, 1.807) is 0 Å². The number of piperazine rings is 1. The molecular formula is C18H26N4O2. The molecule has 1 aromatic rings. The molecular weight excluding hydrogens is 304 g/mol. The van der Waals surface area contributed by atoms with Gasteiger partial charge in [-0.3, -0.25) is 14.5 Å². The minimum atomic E-state index is 0.155. The van der Waals surface area contributed by atoms with E-state index in [9.17, 15) is 9.59 Å². The van der Waals surface area contributed by atoms with Gasteiger partial charge in [0.15, 0.2) is 0 Å². The maximum Gasteiger partial charge on any atom is 0.241 e. The quantitative estimate of drug-likeness (QED) is 0.851. The standard InChI is InChI=1S/C18H26N4O2/c19-8-3-6-17(23)21-12-10-20(11-13-21)14-18(24)22-9-7-15-4-1-2-5-16(15)22/h1-2,4-5H,3,6-14,19H2. The Morgan fingerprint density at radius 3 is 2.50 bits per heavy atom. The second-order valence-electron chi connectivity index (χ2n) is 6.47. The Morgan fingerprint density at radius 2 is 1.75 bits per heavy atom. The van der Waals surface area contributed by atoms with Crippen LogP contribution in [0.25, 0.3) is 0 Å². The van der Waals surface area contributed by atoms with Crippen LogP contribution in [0.3, 0.4) is 0 Å². The average molecular weight is 330 g/mol. The number of amides is 2. The fourth-order valence-electron chi connectivity index (χ4n) is 3.44. The van der Waals surface area contributed by atoms with Crippen LogP contribution in [0.4, 0.5) is 5.69 Å². The predicted octanol–water partition coefficient (Wildman–Crippen LogP) is 0.459. The first-order valence-electron chi connectivity index (χ1n) is 8.77. The van der Waals surface area contributed by atoms with Crippen LogP contribution in [0.2, 0.25) is 0 Å². The number of benzene rings is 1. The lowest BCUT2D eigenvalue weighted by Crippen LogP contribution is -2.51. The third-order valence-electron chi connectivity index (χ3n) is 4.87. The average Bonchev–Trinajstić information content (AvgIpc) is 3.04. The third kappa shape index (κ3) is 3.76. The topological polar surface area (TPSA) is 69.9 Å². The van der Waals surface area contributed by atoms with Crippen LogP contribution in [0, 0.1) is 0 Å². The first kappa shape index (κ1) is 16.9. The molecule has 0 atom stereocenters. The summed E-state index contributed by atoms with van der Waals surface area (Å²) in [6.45, 7) is 4.68. The first-order valence-corrected chi connectivity index (χ1v) is 8.77. The highest BCUT2D eigenvalue weighted by molar-refractivity contribution is 5.96. The van der Waals surface area contributed by atoms with E-state index in [0.717, 1.165) is 38.2 Å². The number of hydrogen-bond acceptors (Lipinski definition) is 4. The number of nitrogens with two attached hydrogens (primary N) is 1. The van der Waals surface area contributed by atoms with Gasteiger partial charge in [0.25, 0.3) is 0 Å². The minimum Gasteiger partial charge on any atom is -0.340 e. The van der Waals surface area contributed by atoms with Gasteiger partial charge in [-0.05, 0) is 31.0 Å². The summed E-state index contributed by atoms with van der Waals surface area (Å²) in [5.74, 6) is 0.336. The van der Waals surface area contributed by atoms with Gasteiger partial charge < -0.3 is 15.5 Å². The van der Waals surface area contributed by atoms with E-state index in [1.165, 1.54) is 5.56 Å². The molecule has 6 heteroatoms. The van der Waals surface area contributed by atoms with Gasteiger partial charge in [0.05, 0.1) is 6.54 Å². The lowest BCUT2D eigenvalue weighted by atomic mass is 10.2. The molecule has 24 heavy (non-hydrogen) atoms. The molecule has 2 N–H and O–H groups in total. The number of hydrogen-bond donors (Lipinski definition) is 1. The van der Waals surface area contributed by atoms with Crippen molar-refractivity contribution in [2.75, 3.05) is 50.7 Å². The molecule has 1 fully saturated rings. The monoisotopic (exact) mass is 330 g/mol. The van der Waals surface area contributed by atoms with Gasteiger partial charge in [0.1, 0.15) is 0 Å². The zero-order chi connectivity index (χ0) is 16.9. The molecule has 0 unspecified atom stereocenters. The fraction of sp³-hybridized carbons (Fsp3) is 0.556. The molecule has 6 nitrogen and oxygen atoms in total. The number of para-hydroxylation sites is 1. The van der Waals surface area contributed by atoms with Gasteiger partial charge >= 0.3 is 0 Å². The summed E-state index contributed by atoms with van der Waals surface area (Å²) in [6, 6.07) is 8.12. The van der Waals surface area contributed by atoms with E-state index in [4.69, 9.17) is 5.73 Å². The van der Waals surface area contributed by atoms with E-state index in [0.29, 0.717) is 32.6 Å². The smallest absolute Gasteiger partial charge is 0.241 e. The van der Waals surface area contributed by atoms with E-state index >= 15 is 0 Å². The Morgan fingerprint density at radius 1 is 1.00 bits per heavy atom. The van der Waals surface area contributed by atoms with Gasteiger partial charge in [-0.1, -0.05) is 18.2 Å². The summed E-state index contributed by atoms with van der Waals surface area (Å²) in [5.41, 5.74) is 7.76. The van der Waals surface area contributed by atoms with Crippen LogP contribution in [-0.2, 0) is 16.0 Å². The van der Waals surface area contributed by atoms with Crippen molar-refractivity contribution in [3.63, 3.8) is 0 Å².